The smallest absolute Gasteiger partial charge is 0.328 e. The van der Waals surface area contributed by atoms with Gasteiger partial charge in [0.1, 0.15) is 5.82 Å². The average Bonchev–Trinajstić information content (AvgIpc) is 2.44. The first kappa shape index (κ1) is 21.3. The van der Waals surface area contributed by atoms with Crippen LogP contribution in [0.4, 0.5) is 11.8 Å². The van der Waals surface area contributed by atoms with Crippen molar-refractivity contribution >= 4 is 23.7 Å². The van der Waals surface area contributed by atoms with E-state index in [0.717, 1.165) is 25.5 Å². The second kappa shape index (κ2) is 10.9. The third-order valence-corrected chi connectivity index (χ3v) is 2.92. The maximum Gasteiger partial charge on any atom is 0.328 e. The highest BCUT2D eigenvalue weighted by atomic mass is 16.4. The molecule has 1 fully saturated rings. The Bertz CT molecular complexity index is 544. The molecule has 0 atom stereocenters. The fourth-order valence-corrected chi connectivity index (χ4v) is 1.83. The van der Waals surface area contributed by atoms with E-state index in [1.807, 2.05) is 6.07 Å². The largest absolute Gasteiger partial charge is 0.478 e. The van der Waals surface area contributed by atoms with Crippen molar-refractivity contribution in [3.05, 3.63) is 24.4 Å². The number of nitrogens with two attached hydrogens (primary N) is 1. The van der Waals surface area contributed by atoms with Crippen LogP contribution in [-0.4, -0.2) is 63.3 Å². The number of nitrogens with one attached hydrogen (secondary N) is 1. The Morgan fingerprint density at radius 3 is 2.42 bits per heavy atom. The second-order valence-corrected chi connectivity index (χ2v) is 4.84. The minimum absolute atomic E-state index is 0. The number of hydrogen-bond donors (Lipinski definition) is 4. The third kappa shape index (κ3) is 8.06. The van der Waals surface area contributed by atoms with Crippen LogP contribution in [0.15, 0.2) is 24.4 Å². The number of aliphatic carboxylic acids is 2. The first-order valence-electron chi connectivity index (χ1n) is 7.13. The summed E-state index contributed by atoms with van der Waals surface area (Å²) in [4.78, 5) is 29.4. The molecule has 7 N–H and O–H groups in total. The minimum atomic E-state index is -1.26. The highest BCUT2D eigenvalue weighted by molar-refractivity contribution is 5.89. The number of carbonyl (C=O) groups is 2. The Kier molecular flexibility index (Phi) is 9.68. The Balaban J connectivity index is 0.000000510. The van der Waals surface area contributed by atoms with E-state index in [1.165, 1.54) is 6.42 Å². The third-order valence-electron chi connectivity index (χ3n) is 2.92. The summed E-state index contributed by atoms with van der Waals surface area (Å²) in [7, 11) is 0. The molecular formula is C14H23N5O5. The van der Waals surface area contributed by atoms with Crippen molar-refractivity contribution in [3.8, 4) is 0 Å². The molecule has 0 unspecified atom stereocenters. The zero-order valence-electron chi connectivity index (χ0n) is 13.3. The topological polar surface area (TPSA) is 173 Å². The molecule has 10 nitrogen and oxygen atoms in total. The zero-order chi connectivity index (χ0) is 17.2. The van der Waals surface area contributed by atoms with Gasteiger partial charge < -0.3 is 31.6 Å². The number of aromatic nitrogens is 2. The SMILES string of the molecule is CCCNC1CN(c2ccnc(N)n2)C1.O.O=C(O)/C=C/C(=O)O. The van der Waals surface area contributed by atoms with E-state index >= 15 is 0 Å². The number of nitrogens with zero attached hydrogens (tertiary/aromatic N) is 3. The van der Waals surface area contributed by atoms with Crippen LogP contribution in [0, 0.1) is 0 Å². The number of nitrogen functional groups attached to an aromatic ring is 1. The molecule has 0 aromatic carbocycles. The van der Waals surface area contributed by atoms with Gasteiger partial charge in [0.15, 0.2) is 0 Å². The predicted molar refractivity (Wildman–Crippen MR) is 88.8 cm³/mol. The van der Waals surface area contributed by atoms with E-state index in [0.29, 0.717) is 24.1 Å². The predicted octanol–water partition coefficient (Wildman–Crippen LogP) is -0.866. The van der Waals surface area contributed by atoms with Crippen LogP contribution in [0.5, 0.6) is 0 Å². The Labute approximate surface area is 139 Å². The quantitative estimate of drug-likeness (QED) is 0.480. The molecule has 0 aliphatic carbocycles. The standard InChI is InChI=1S/C10H17N5.C4H4O4.H2O/c1-2-4-12-8-6-15(7-8)9-3-5-13-10(11)14-9;5-3(6)1-2-4(7)8;/h3,5,8,12H,2,4,6-7H2,1H3,(H2,11,13,14);1-2H,(H,5,6)(H,7,8);1H2/b;2-1+;. The lowest BCUT2D eigenvalue weighted by molar-refractivity contribution is -0.134. The molecule has 0 radical (unpaired) electrons. The van der Waals surface area contributed by atoms with Gasteiger partial charge in [-0.2, -0.15) is 4.98 Å². The Morgan fingerprint density at radius 2 is 1.96 bits per heavy atom. The number of rotatable bonds is 6. The highest BCUT2D eigenvalue weighted by Crippen LogP contribution is 2.18. The molecular weight excluding hydrogens is 318 g/mol. The Morgan fingerprint density at radius 1 is 1.38 bits per heavy atom. The zero-order valence-corrected chi connectivity index (χ0v) is 13.3. The molecule has 0 amide bonds. The molecule has 1 aromatic rings. The monoisotopic (exact) mass is 341 g/mol. The van der Waals surface area contributed by atoms with Gasteiger partial charge in [-0.1, -0.05) is 6.92 Å². The maximum atomic E-state index is 9.55. The normalized spacial score (nSPS) is 13.5. The molecule has 134 valence electrons. The first-order valence-corrected chi connectivity index (χ1v) is 7.13. The lowest BCUT2D eigenvalue weighted by Gasteiger charge is -2.40. The first-order chi connectivity index (χ1) is 10.9. The summed E-state index contributed by atoms with van der Waals surface area (Å²) in [5.41, 5.74) is 5.53. The van der Waals surface area contributed by atoms with Gasteiger partial charge in [-0.15, -0.1) is 0 Å². The molecule has 2 rings (SSSR count). The Hall–Kier alpha value is -2.72. The summed E-state index contributed by atoms with van der Waals surface area (Å²) in [6.07, 6.45) is 3.99. The van der Waals surface area contributed by atoms with Crippen molar-refractivity contribution in [1.29, 1.82) is 0 Å². The van der Waals surface area contributed by atoms with E-state index in [1.54, 1.807) is 6.20 Å². The molecule has 24 heavy (non-hydrogen) atoms. The molecule has 10 heteroatoms. The van der Waals surface area contributed by atoms with E-state index in [2.05, 4.69) is 27.1 Å². The molecule has 1 aliphatic rings. The average molecular weight is 341 g/mol. The lowest BCUT2D eigenvalue weighted by atomic mass is 10.1. The van der Waals surface area contributed by atoms with E-state index < -0.39 is 11.9 Å². The van der Waals surface area contributed by atoms with Gasteiger partial charge in [0, 0.05) is 37.5 Å². The van der Waals surface area contributed by atoms with E-state index in [4.69, 9.17) is 15.9 Å². The van der Waals surface area contributed by atoms with Gasteiger partial charge >= 0.3 is 11.9 Å². The summed E-state index contributed by atoms with van der Waals surface area (Å²) in [6, 6.07) is 2.49. The van der Waals surface area contributed by atoms with Crippen LogP contribution in [0.25, 0.3) is 0 Å². The molecule has 2 heterocycles. The van der Waals surface area contributed by atoms with Crippen LogP contribution in [0.3, 0.4) is 0 Å². The van der Waals surface area contributed by atoms with Crippen LogP contribution >= 0.6 is 0 Å². The van der Waals surface area contributed by atoms with Gasteiger partial charge in [-0.25, -0.2) is 14.6 Å². The van der Waals surface area contributed by atoms with Crippen molar-refractivity contribution < 1.29 is 25.3 Å². The molecule has 1 aromatic heterocycles. The number of hydrogen-bond acceptors (Lipinski definition) is 7. The van der Waals surface area contributed by atoms with Crippen molar-refractivity contribution in [2.24, 2.45) is 0 Å². The highest BCUT2D eigenvalue weighted by Gasteiger charge is 2.26. The van der Waals surface area contributed by atoms with Gasteiger partial charge in [-0.3, -0.25) is 0 Å². The maximum absolute atomic E-state index is 9.55. The van der Waals surface area contributed by atoms with Crippen molar-refractivity contribution in [1.82, 2.24) is 15.3 Å². The van der Waals surface area contributed by atoms with Crippen molar-refractivity contribution in [2.75, 3.05) is 30.3 Å². The van der Waals surface area contributed by atoms with Crippen molar-refractivity contribution in [2.45, 2.75) is 19.4 Å². The van der Waals surface area contributed by atoms with Crippen LogP contribution in [0.2, 0.25) is 0 Å². The fraction of sp³-hybridized carbons (Fsp3) is 0.429. The molecule has 0 bridgehead atoms. The van der Waals surface area contributed by atoms with E-state index in [-0.39, 0.29) is 5.48 Å². The number of anilines is 2. The van der Waals surface area contributed by atoms with E-state index in [9.17, 15) is 9.59 Å². The molecule has 1 aliphatic heterocycles. The van der Waals surface area contributed by atoms with Gasteiger partial charge in [0.05, 0.1) is 0 Å². The van der Waals surface area contributed by atoms with Gasteiger partial charge in [0.2, 0.25) is 5.95 Å². The summed E-state index contributed by atoms with van der Waals surface area (Å²) in [6.45, 7) is 5.28. The number of carboxylic acid groups (broad SMARTS) is 2. The van der Waals surface area contributed by atoms with Crippen LogP contribution in [0.1, 0.15) is 13.3 Å². The summed E-state index contributed by atoms with van der Waals surface area (Å²) in [5, 5.41) is 19.1. The fourth-order valence-electron chi connectivity index (χ4n) is 1.83. The summed E-state index contributed by atoms with van der Waals surface area (Å²) < 4.78 is 0. The summed E-state index contributed by atoms with van der Waals surface area (Å²) in [5.74, 6) is -1.24. The minimum Gasteiger partial charge on any atom is -0.478 e. The lowest BCUT2D eigenvalue weighted by Crippen LogP contribution is -2.58. The van der Waals surface area contributed by atoms with Crippen molar-refractivity contribution in [3.63, 3.8) is 0 Å². The molecule has 1 saturated heterocycles. The molecule has 0 saturated carbocycles. The second-order valence-electron chi connectivity index (χ2n) is 4.84. The number of carboxylic acids is 2. The summed E-state index contributed by atoms with van der Waals surface area (Å²) >= 11 is 0. The molecule has 0 spiro atoms. The van der Waals surface area contributed by atoms with Crippen LogP contribution < -0.4 is 16.0 Å². The van der Waals surface area contributed by atoms with Gasteiger partial charge in [0.25, 0.3) is 0 Å². The van der Waals surface area contributed by atoms with Gasteiger partial charge in [-0.05, 0) is 19.0 Å². The van der Waals surface area contributed by atoms with Crippen LogP contribution in [-0.2, 0) is 9.59 Å².